The second kappa shape index (κ2) is 5.23. The maximum absolute atomic E-state index is 12.3. The van der Waals surface area contributed by atoms with Gasteiger partial charge in [-0.1, -0.05) is 25.1 Å². The fourth-order valence-electron chi connectivity index (χ4n) is 2.16. The number of nitrogens with zero attached hydrogens (tertiary/aromatic N) is 1. The van der Waals surface area contributed by atoms with Crippen molar-refractivity contribution in [2.24, 2.45) is 0 Å². The van der Waals surface area contributed by atoms with Gasteiger partial charge in [-0.2, -0.15) is 0 Å². The van der Waals surface area contributed by atoms with Gasteiger partial charge in [-0.15, -0.1) is 0 Å². The van der Waals surface area contributed by atoms with E-state index in [-0.39, 0.29) is 12.2 Å². The first-order valence-electron chi connectivity index (χ1n) is 6.18. The SMILES string of the molecule is CCc1[nH]n(-c2ccccc2C)c(=O)c1CCO. The van der Waals surface area contributed by atoms with Crippen molar-refractivity contribution in [2.45, 2.75) is 26.7 Å². The highest BCUT2D eigenvalue weighted by Gasteiger charge is 2.14. The number of aromatic amines is 1. The van der Waals surface area contributed by atoms with Crippen LogP contribution in [-0.4, -0.2) is 21.5 Å². The predicted octanol–water partition coefficient (Wildman–Crippen LogP) is 1.57. The molecule has 0 saturated heterocycles. The second-order valence-electron chi connectivity index (χ2n) is 4.32. The molecule has 0 amide bonds. The number of rotatable bonds is 4. The fourth-order valence-corrected chi connectivity index (χ4v) is 2.16. The van der Waals surface area contributed by atoms with Crippen molar-refractivity contribution in [3.05, 3.63) is 51.4 Å². The number of hydrogen-bond acceptors (Lipinski definition) is 2. The van der Waals surface area contributed by atoms with Crippen LogP contribution in [0, 0.1) is 6.92 Å². The number of aromatic nitrogens is 2. The average Bonchev–Trinajstić information content (AvgIpc) is 2.68. The van der Waals surface area contributed by atoms with Crippen LogP contribution < -0.4 is 5.56 Å². The molecule has 0 aliphatic rings. The molecule has 0 spiro atoms. The smallest absolute Gasteiger partial charge is 0.274 e. The molecule has 1 aromatic carbocycles. The maximum atomic E-state index is 12.3. The molecule has 2 N–H and O–H groups in total. The average molecular weight is 246 g/mol. The van der Waals surface area contributed by atoms with Crippen LogP contribution in [0.25, 0.3) is 5.69 Å². The molecule has 18 heavy (non-hydrogen) atoms. The minimum Gasteiger partial charge on any atom is -0.396 e. The van der Waals surface area contributed by atoms with Crippen LogP contribution in [0.4, 0.5) is 0 Å². The van der Waals surface area contributed by atoms with Crippen LogP contribution in [-0.2, 0) is 12.8 Å². The standard InChI is InChI=1S/C14H18N2O2/c1-3-12-11(8-9-17)14(18)16(15-12)13-7-5-4-6-10(13)2/h4-7,15,17H,3,8-9H2,1-2H3. The van der Waals surface area contributed by atoms with Gasteiger partial charge in [0, 0.05) is 24.3 Å². The normalized spacial score (nSPS) is 10.8. The van der Waals surface area contributed by atoms with Crippen LogP contribution in [0.5, 0.6) is 0 Å². The van der Waals surface area contributed by atoms with Crippen molar-refractivity contribution in [1.29, 1.82) is 0 Å². The summed E-state index contributed by atoms with van der Waals surface area (Å²) in [6.45, 7) is 3.96. The zero-order chi connectivity index (χ0) is 13.1. The third kappa shape index (κ3) is 2.11. The molecular formula is C14H18N2O2. The van der Waals surface area contributed by atoms with E-state index in [0.29, 0.717) is 12.0 Å². The second-order valence-corrected chi connectivity index (χ2v) is 4.32. The zero-order valence-corrected chi connectivity index (χ0v) is 10.7. The zero-order valence-electron chi connectivity index (χ0n) is 10.7. The molecule has 1 aromatic heterocycles. The summed E-state index contributed by atoms with van der Waals surface area (Å²) in [6.07, 6.45) is 1.15. The maximum Gasteiger partial charge on any atom is 0.274 e. The Morgan fingerprint density at radius 3 is 2.67 bits per heavy atom. The van der Waals surface area contributed by atoms with E-state index in [1.54, 1.807) is 4.68 Å². The molecule has 2 rings (SSSR count). The lowest BCUT2D eigenvalue weighted by Gasteiger charge is -2.04. The van der Waals surface area contributed by atoms with Gasteiger partial charge in [0.1, 0.15) is 0 Å². The Bertz CT molecular complexity index is 596. The molecule has 4 nitrogen and oxygen atoms in total. The van der Waals surface area contributed by atoms with Crippen LogP contribution in [0.2, 0.25) is 0 Å². The van der Waals surface area contributed by atoms with Gasteiger partial charge in [-0.3, -0.25) is 9.89 Å². The molecule has 0 bridgehead atoms. The van der Waals surface area contributed by atoms with E-state index in [9.17, 15) is 4.79 Å². The number of aliphatic hydroxyl groups is 1. The van der Waals surface area contributed by atoms with Gasteiger partial charge >= 0.3 is 0 Å². The molecule has 0 fully saturated rings. The van der Waals surface area contributed by atoms with E-state index in [4.69, 9.17) is 5.11 Å². The third-order valence-electron chi connectivity index (χ3n) is 3.14. The molecule has 0 atom stereocenters. The van der Waals surface area contributed by atoms with Gasteiger partial charge in [0.2, 0.25) is 0 Å². The largest absolute Gasteiger partial charge is 0.396 e. The van der Waals surface area contributed by atoms with Gasteiger partial charge in [0.05, 0.1) is 5.69 Å². The first-order valence-corrected chi connectivity index (χ1v) is 6.18. The van der Waals surface area contributed by atoms with E-state index in [1.165, 1.54) is 0 Å². The van der Waals surface area contributed by atoms with E-state index in [0.717, 1.165) is 23.4 Å². The van der Waals surface area contributed by atoms with Gasteiger partial charge in [0.15, 0.2) is 0 Å². The molecule has 0 saturated carbocycles. The summed E-state index contributed by atoms with van der Waals surface area (Å²) in [5.41, 5.74) is 3.43. The van der Waals surface area contributed by atoms with E-state index < -0.39 is 0 Å². The number of nitrogens with one attached hydrogen (secondary N) is 1. The van der Waals surface area contributed by atoms with Crippen molar-refractivity contribution in [3.63, 3.8) is 0 Å². The van der Waals surface area contributed by atoms with E-state index in [1.807, 2.05) is 38.1 Å². The van der Waals surface area contributed by atoms with Crippen LogP contribution in [0.1, 0.15) is 23.7 Å². The van der Waals surface area contributed by atoms with Gasteiger partial charge < -0.3 is 5.11 Å². The molecular weight excluding hydrogens is 228 g/mol. The Balaban J connectivity index is 2.60. The molecule has 0 aliphatic heterocycles. The summed E-state index contributed by atoms with van der Waals surface area (Å²) in [7, 11) is 0. The third-order valence-corrected chi connectivity index (χ3v) is 3.14. The first kappa shape index (κ1) is 12.6. The number of benzene rings is 1. The van der Waals surface area contributed by atoms with Gasteiger partial charge in [-0.05, 0) is 25.0 Å². The molecule has 1 heterocycles. The van der Waals surface area contributed by atoms with Crippen LogP contribution in [0.15, 0.2) is 29.1 Å². The summed E-state index contributed by atoms with van der Waals surface area (Å²) in [4.78, 5) is 12.3. The number of hydrogen-bond donors (Lipinski definition) is 2. The number of para-hydroxylation sites is 1. The topological polar surface area (TPSA) is 58.0 Å². The highest BCUT2D eigenvalue weighted by molar-refractivity contribution is 5.40. The Morgan fingerprint density at radius 2 is 2.06 bits per heavy atom. The number of aliphatic hydroxyl groups excluding tert-OH is 1. The summed E-state index contributed by atoms with van der Waals surface area (Å²) < 4.78 is 1.57. The Morgan fingerprint density at radius 1 is 1.33 bits per heavy atom. The van der Waals surface area contributed by atoms with Gasteiger partial charge in [-0.25, -0.2) is 4.68 Å². The predicted molar refractivity (Wildman–Crippen MR) is 71.3 cm³/mol. The lowest BCUT2D eigenvalue weighted by Crippen LogP contribution is -2.18. The van der Waals surface area contributed by atoms with Crippen molar-refractivity contribution in [1.82, 2.24) is 9.78 Å². The minimum atomic E-state index is -0.0600. The summed E-state index contributed by atoms with van der Waals surface area (Å²) >= 11 is 0. The molecule has 4 heteroatoms. The van der Waals surface area contributed by atoms with Gasteiger partial charge in [0.25, 0.3) is 5.56 Å². The van der Waals surface area contributed by atoms with Crippen molar-refractivity contribution < 1.29 is 5.11 Å². The number of H-pyrrole nitrogens is 1. The molecule has 2 aromatic rings. The van der Waals surface area contributed by atoms with Crippen molar-refractivity contribution >= 4 is 0 Å². The summed E-state index contributed by atoms with van der Waals surface area (Å²) in [5, 5.41) is 12.2. The first-order chi connectivity index (χ1) is 8.69. The Hall–Kier alpha value is -1.81. The lowest BCUT2D eigenvalue weighted by atomic mass is 10.1. The monoisotopic (exact) mass is 246 g/mol. The van der Waals surface area contributed by atoms with Crippen molar-refractivity contribution in [3.8, 4) is 5.69 Å². The highest BCUT2D eigenvalue weighted by atomic mass is 16.3. The van der Waals surface area contributed by atoms with E-state index in [2.05, 4.69) is 5.10 Å². The summed E-state index contributed by atoms with van der Waals surface area (Å²) in [6, 6.07) is 7.74. The number of aryl methyl sites for hydroxylation is 2. The van der Waals surface area contributed by atoms with E-state index >= 15 is 0 Å². The van der Waals surface area contributed by atoms with Crippen molar-refractivity contribution in [2.75, 3.05) is 6.61 Å². The lowest BCUT2D eigenvalue weighted by molar-refractivity contribution is 0.299. The van der Waals surface area contributed by atoms with Crippen LogP contribution in [0.3, 0.4) is 0 Å². The molecule has 0 radical (unpaired) electrons. The Labute approximate surface area is 106 Å². The Kier molecular flexibility index (Phi) is 3.67. The highest BCUT2D eigenvalue weighted by Crippen LogP contribution is 2.12. The quantitative estimate of drug-likeness (QED) is 0.860. The summed E-state index contributed by atoms with van der Waals surface area (Å²) in [5.74, 6) is 0. The fraction of sp³-hybridized carbons (Fsp3) is 0.357. The molecule has 96 valence electrons. The molecule has 0 aliphatic carbocycles. The minimum absolute atomic E-state index is 0.00609. The molecule has 0 unspecified atom stereocenters. The van der Waals surface area contributed by atoms with Crippen LogP contribution >= 0.6 is 0 Å².